The van der Waals surface area contributed by atoms with Gasteiger partial charge in [0.1, 0.15) is 0 Å². The van der Waals surface area contributed by atoms with Gasteiger partial charge in [-0.2, -0.15) is 13.2 Å². The fourth-order valence-electron chi connectivity index (χ4n) is 5.19. The van der Waals surface area contributed by atoms with Crippen molar-refractivity contribution in [2.75, 3.05) is 6.61 Å². The quantitative estimate of drug-likeness (QED) is 0.607. The van der Waals surface area contributed by atoms with E-state index < -0.39 is 11.8 Å². The SMILES string of the molecule is CC(O)(c1ccc(C(=O)N(C2CC2)C2CCC(CCO)(c3ccccn3)CC2)cc1)C(F)(F)F. The molecule has 1 heterocycles. The molecule has 0 bridgehead atoms. The van der Waals surface area contributed by atoms with Crippen LogP contribution in [-0.2, 0) is 11.0 Å². The van der Waals surface area contributed by atoms with Crippen LogP contribution in [0.3, 0.4) is 0 Å². The van der Waals surface area contributed by atoms with Crippen LogP contribution in [0.2, 0.25) is 0 Å². The van der Waals surface area contributed by atoms with Gasteiger partial charge in [0.05, 0.1) is 0 Å². The first-order valence-corrected chi connectivity index (χ1v) is 11.8. The number of aliphatic hydroxyl groups excluding tert-OH is 1. The number of carbonyl (C=O) groups excluding carboxylic acids is 1. The highest BCUT2D eigenvalue weighted by Crippen LogP contribution is 2.45. The molecule has 2 N–H and O–H groups in total. The molecule has 184 valence electrons. The van der Waals surface area contributed by atoms with Gasteiger partial charge in [-0.15, -0.1) is 0 Å². The van der Waals surface area contributed by atoms with Crippen LogP contribution >= 0.6 is 0 Å². The van der Waals surface area contributed by atoms with Crippen LogP contribution in [0.5, 0.6) is 0 Å². The van der Waals surface area contributed by atoms with Crippen molar-refractivity contribution in [2.45, 2.75) is 81.1 Å². The predicted molar refractivity (Wildman–Crippen MR) is 121 cm³/mol. The van der Waals surface area contributed by atoms with Gasteiger partial charge in [0, 0.05) is 41.6 Å². The number of aliphatic hydroxyl groups is 2. The van der Waals surface area contributed by atoms with Gasteiger partial charge in [0.2, 0.25) is 0 Å². The molecule has 0 radical (unpaired) electrons. The Kier molecular flexibility index (Phi) is 6.75. The van der Waals surface area contributed by atoms with Crippen LogP contribution in [0, 0.1) is 0 Å². The first-order chi connectivity index (χ1) is 16.1. The molecule has 2 aromatic rings. The van der Waals surface area contributed by atoms with Gasteiger partial charge in [-0.05, 0) is 81.7 Å². The Bertz CT molecular complexity index is 981. The number of hydrogen-bond acceptors (Lipinski definition) is 4. The number of carbonyl (C=O) groups is 1. The summed E-state index contributed by atoms with van der Waals surface area (Å²) >= 11 is 0. The number of nitrogens with zero attached hydrogens (tertiary/aromatic N) is 2. The molecule has 34 heavy (non-hydrogen) atoms. The molecule has 0 saturated heterocycles. The van der Waals surface area contributed by atoms with Crippen LogP contribution in [0.15, 0.2) is 48.7 Å². The molecule has 1 aromatic heterocycles. The zero-order valence-corrected chi connectivity index (χ0v) is 19.3. The third-order valence-electron chi connectivity index (χ3n) is 7.52. The first kappa shape index (κ1) is 24.7. The van der Waals surface area contributed by atoms with Crippen LogP contribution in [0.25, 0.3) is 0 Å². The number of pyridine rings is 1. The van der Waals surface area contributed by atoms with Crippen molar-refractivity contribution in [3.05, 3.63) is 65.5 Å². The summed E-state index contributed by atoms with van der Waals surface area (Å²) in [6, 6.07) is 11.1. The van der Waals surface area contributed by atoms with E-state index in [1.165, 1.54) is 24.3 Å². The van der Waals surface area contributed by atoms with Crippen LogP contribution < -0.4 is 0 Å². The molecule has 0 spiro atoms. The lowest BCUT2D eigenvalue weighted by Crippen LogP contribution is -2.47. The fraction of sp³-hybridized carbons (Fsp3) is 0.538. The molecule has 2 aliphatic carbocycles. The Labute approximate surface area is 197 Å². The van der Waals surface area contributed by atoms with E-state index in [1.54, 1.807) is 6.20 Å². The second kappa shape index (κ2) is 9.30. The number of benzene rings is 1. The van der Waals surface area contributed by atoms with Gasteiger partial charge in [0.15, 0.2) is 5.60 Å². The molecule has 8 heteroatoms. The van der Waals surface area contributed by atoms with Crippen LogP contribution in [0.4, 0.5) is 13.2 Å². The van der Waals surface area contributed by atoms with Crippen molar-refractivity contribution in [3.63, 3.8) is 0 Å². The van der Waals surface area contributed by atoms with Crippen molar-refractivity contribution in [1.29, 1.82) is 0 Å². The zero-order chi connectivity index (χ0) is 24.6. The average molecular weight is 477 g/mol. The summed E-state index contributed by atoms with van der Waals surface area (Å²) in [7, 11) is 0. The molecule has 4 rings (SSSR count). The fourth-order valence-corrected chi connectivity index (χ4v) is 5.19. The van der Waals surface area contributed by atoms with E-state index in [9.17, 15) is 28.2 Å². The minimum Gasteiger partial charge on any atom is -0.396 e. The topological polar surface area (TPSA) is 73.7 Å². The summed E-state index contributed by atoms with van der Waals surface area (Å²) in [6.07, 6.45) is 2.58. The number of rotatable bonds is 7. The summed E-state index contributed by atoms with van der Waals surface area (Å²) in [5.74, 6) is -0.182. The Morgan fingerprint density at radius 2 is 1.68 bits per heavy atom. The average Bonchev–Trinajstić information content (AvgIpc) is 3.65. The minimum absolute atomic E-state index is 0.0356. The Hall–Kier alpha value is -2.45. The molecule has 2 fully saturated rings. The van der Waals surface area contributed by atoms with Crippen LogP contribution in [-0.4, -0.2) is 50.9 Å². The summed E-state index contributed by atoms with van der Waals surface area (Å²) in [4.78, 5) is 19.9. The van der Waals surface area contributed by atoms with E-state index in [1.807, 2.05) is 23.1 Å². The lowest BCUT2D eigenvalue weighted by Gasteiger charge is -2.43. The normalized spacial score (nSPS) is 24.9. The maximum Gasteiger partial charge on any atom is 0.421 e. The standard InChI is InChI=1S/C26H31F3N2O3/c1-24(34,26(27,28)29)19-7-5-18(6-8-19)23(33)31(20-9-10-20)21-11-13-25(14-12-21,15-17-32)22-4-2-3-16-30-22/h2-8,16,20-21,32,34H,9-15,17H2,1H3. The molecular formula is C26H31F3N2O3. The Morgan fingerprint density at radius 3 is 2.18 bits per heavy atom. The second-order valence-electron chi connectivity index (χ2n) is 9.79. The van der Waals surface area contributed by atoms with Crippen molar-refractivity contribution >= 4 is 5.91 Å². The summed E-state index contributed by atoms with van der Waals surface area (Å²) in [5, 5.41) is 19.6. The monoisotopic (exact) mass is 476 g/mol. The number of amides is 1. The van der Waals surface area contributed by atoms with E-state index in [2.05, 4.69) is 4.98 Å². The first-order valence-electron chi connectivity index (χ1n) is 11.8. The van der Waals surface area contributed by atoms with Gasteiger partial charge in [-0.3, -0.25) is 9.78 Å². The molecule has 1 amide bonds. The molecule has 1 unspecified atom stereocenters. The lowest BCUT2D eigenvalue weighted by atomic mass is 9.68. The molecule has 1 aromatic carbocycles. The number of hydrogen-bond donors (Lipinski definition) is 2. The van der Waals surface area contributed by atoms with E-state index in [0.29, 0.717) is 18.9 Å². The summed E-state index contributed by atoms with van der Waals surface area (Å²) < 4.78 is 39.5. The highest BCUT2D eigenvalue weighted by molar-refractivity contribution is 5.95. The Morgan fingerprint density at radius 1 is 1.06 bits per heavy atom. The predicted octanol–water partition coefficient (Wildman–Crippen LogP) is 4.72. The van der Waals surface area contributed by atoms with Gasteiger partial charge < -0.3 is 15.1 Å². The van der Waals surface area contributed by atoms with E-state index in [0.717, 1.165) is 44.2 Å². The van der Waals surface area contributed by atoms with E-state index in [-0.39, 0.29) is 35.6 Å². The number of halogens is 3. The Balaban J connectivity index is 1.51. The lowest BCUT2D eigenvalue weighted by molar-refractivity contribution is -0.258. The smallest absolute Gasteiger partial charge is 0.396 e. The highest BCUT2D eigenvalue weighted by Gasteiger charge is 2.51. The maximum atomic E-state index is 13.4. The minimum atomic E-state index is -4.81. The van der Waals surface area contributed by atoms with Gasteiger partial charge in [0.25, 0.3) is 5.91 Å². The van der Waals surface area contributed by atoms with E-state index in [4.69, 9.17) is 0 Å². The number of aromatic nitrogens is 1. The van der Waals surface area contributed by atoms with Crippen molar-refractivity contribution in [2.24, 2.45) is 0 Å². The van der Waals surface area contributed by atoms with Crippen molar-refractivity contribution < 1.29 is 28.2 Å². The van der Waals surface area contributed by atoms with Gasteiger partial charge >= 0.3 is 6.18 Å². The summed E-state index contributed by atoms with van der Waals surface area (Å²) in [5.41, 5.74) is -2.19. The van der Waals surface area contributed by atoms with Crippen molar-refractivity contribution in [3.8, 4) is 0 Å². The van der Waals surface area contributed by atoms with E-state index >= 15 is 0 Å². The molecule has 1 atom stereocenters. The largest absolute Gasteiger partial charge is 0.421 e. The highest BCUT2D eigenvalue weighted by atomic mass is 19.4. The maximum absolute atomic E-state index is 13.4. The third-order valence-corrected chi connectivity index (χ3v) is 7.52. The zero-order valence-electron chi connectivity index (χ0n) is 19.3. The molecule has 2 aliphatic rings. The molecule has 5 nitrogen and oxygen atoms in total. The molecule has 0 aliphatic heterocycles. The van der Waals surface area contributed by atoms with Crippen LogP contribution in [0.1, 0.15) is 73.5 Å². The second-order valence-corrected chi connectivity index (χ2v) is 9.79. The van der Waals surface area contributed by atoms with Gasteiger partial charge in [-0.1, -0.05) is 18.2 Å². The molecular weight excluding hydrogens is 445 g/mol. The third kappa shape index (κ3) is 4.70. The van der Waals surface area contributed by atoms with Gasteiger partial charge in [-0.25, -0.2) is 0 Å². The van der Waals surface area contributed by atoms with Crippen molar-refractivity contribution in [1.82, 2.24) is 9.88 Å². The molecule has 2 saturated carbocycles. The summed E-state index contributed by atoms with van der Waals surface area (Å²) in [6.45, 7) is 0.781. The number of alkyl halides is 3.